The highest BCUT2D eigenvalue weighted by molar-refractivity contribution is 5.84. The van der Waals surface area contributed by atoms with Crippen molar-refractivity contribution in [3.63, 3.8) is 0 Å². The van der Waals surface area contributed by atoms with Crippen LogP contribution < -0.4 is 9.47 Å². The second-order valence-electron chi connectivity index (χ2n) is 6.25. The van der Waals surface area contributed by atoms with Gasteiger partial charge in [-0.15, -0.1) is 0 Å². The zero-order valence-corrected chi connectivity index (χ0v) is 13.8. The summed E-state index contributed by atoms with van der Waals surface area (Å²) in [4.78, 5) is 11.1. The first-order valence-electron chi connectivity index (χ1n) is 7.23. The third-order valence-corrected chi connectivity index (χ3v) is 3.70. The third-order valence-electron chi connectivity index (χ3n) is 3.70. The molecule has 0 aromatic heterocycles. The summed E-state index contributed by atoms with van der Waals surface area (Å²) in [6, 6.07) is 11.8. The van der Waals surface area contributed by atoms with Gasteiger partial charge in [0, 0.05) is 11.1 Å². The third kappa shape index (κ3) is 3.14. The minimum absolute atomic E-state index is 0.102. The quantitative estimate of drug-likeness (QED) is 0.781. The average molecular weight is 298 g/mol. The molecule has 2 aromatic carbocycles. The topological polar surface area (TPSA) is 35.5 Å². The van der Waals surface area contributed by atoms with Gasteiger partial charge in [-0.2, -0.15) is 0 Å². The second-order valence-corrected chi connectivity index (χ2v) is 6.25. The SMILES string of the molecule is COc1cc(C=O)cc(-c2ccc(C(C)(C)C)cc2)c1OC. The highest BCUT2D eigenvalue weighted by atomic mass is 16.5. The van der Waals surface area contributed by atoms with Gasteiger partial charge >= 0.3 is 0 Å². The number of benzene rings is 2. The van der Waals surface area contributed by atoms with Crippen LogP contribution in [0.3, 0.4) is 0 Å². The molecular weight excluding hydrogens is 276 g/mol. The number of carbonyl (C=O) groups is 1. The van der Waals surface area contributed by atoms with Crippen molar-refractivity contribution >= 4 is 6.29 Å². The molecule has 0 aliphatic heterocycles. The van der Waals surface area contributed by atoms with Gasteiger partial charge in [-0.25, -0.2) is 0 Å². The maximum atomic E-state index is 11.1. The Kier molecular flexibility index (Phi) is 4.55. The van der Waals surface area contributed by atoms with Gasteiger partial charge in [0.15, 0.2) is 11.5 Å². The number of hydrogen-bond acceptors (Lipinski definition) is 3. The van der Waals surface area contributed by atoms with Gasteiger partial charge in [0.2, 0.25) is 0 Å². The van der Waals surface area contributed by atoms with Crippen molar-refractivity contribution in [3.8, 4) is 22.6 Å². The summed E-state index contributed by atoms with van der Waals surface area (Å²) in [5.74, 6) is 1.19. The van der Waals surface area contributed by atoms with Crippen molar-refractivity contribution in [2.24, 2.45) is 0 Å². The van der Waals surface area contributed by atoms with E-state index in [4.69, 9.17) is 9.47 Å². The molecule has 22 heavy (non-hydrogen) atoms. The highest BCUT2D eigenvalue weighted by Gasteiger charge is 2.16. The van der Waals surface area contributed by atoms with Crippen LogP contribution in [-0.4, -0.2) is 20.5 Å². The molecule has 0 radical (unpaired) electrons. The maximum Gasteiger partial charge on any atom is 0.168 e. The van der Waals surface area contributed by atoms with E-state index in [2.05, 4.69) is 32.9 Å². The first-order valence-corrected chi connectivity index (χ1v) is 7.23. The molecule has 0 aliphatic rings. The Hall–Kier alpha value is -2.29. The predicted molar refractivity (Wildman–Crippen MR) is 89.1 cm³/mol. The van der Waals surface area contributed by atoms with Gasteiger partial charge < -0.3 is 9.47 Å². The summed E-state index contributed by atoms with van der Waals surface area (Å²) in [7, 11) is 3.17. The Balaban J connectivity index is 2.58. The van der Waals surface area contributed by atoms with E-state index in [1.807, 2.05) is 18.2 Å². The van der Waals surface area contributed by atoms with Gasteiger partial charge in [0.25, 0.3) is 0 Å². The van der Waals surface area contributed by atoms with Gasteiger partial charge in [0.05, 0.1) is 14.2 Å². The van der Waals surface area contributed by atoms with E-state index in [1.54, 1.807) is 20.3 Å². The van der Waals surface area contributed by atoms with E-state index < -0.39 is 0 Å². The molecule has 0 amide bonds. The lowest BCUT2D eigenvalue weighted by Crippen LogP contribution is -2.10. The van der Waals surface area contributed by atoms with Crippen molar-refractivity contribution in [3.05, 3.63) is 47.5 Å². The predicted octanol–water partition coefficient (Wildman–Crippen LogP) is 4.48. The standard InChI is InChI=1S/C19H22O3/c1-19(2,3)15-8-6-14(7-9-15)16-10-13(12-20)11-17(21-4)18(16)22-5/h6-12H,1-5H3. The summed E-state index contributed by atoms with van der Waals surface area (Å²) in [6.45, 7) is 6.54. The van der Waals surface area contributed by atoms with E-state index >= 15 is 0 Å². The lowest BCUT2D eigenvalue weighted by molar-refractivity contribution is 0.112. The normalized spacial score (nSPS) is 11.1. The fourth-order valence-corrected chi connectivity index (χ4v) is 2.42. The molecule has 3 heteroatoms. The molecule has 0 atom stereocenters. The largest absolute Gasteiger partial charge is 0.493 e. The van der Waals surface area contributed by atoms with E-state index in [9.17, 15) is 4.79 Å². The number of hydrogen-bond donors (Lipinski definition) is 0. The minimum Gasteiger partial charge on any atom is -0.493 e. The van der Waals surface area contributed by atoms with E-state index in [-0.39, 0.29) is 5.41 Å². The summed E-state index contributed by atoms with van der Waals surface area (Å²) >= 11 is 0. The van der Waals surface area contributed by atoms with Crippen LogP contribution >= 0.6 is 0 Å². The van der Waals surface area contributed by atoms with Gasteiger partial charge in [-0.3, -0.25) is 4.79 Å². The first kappa shape index (κ1) is 16.1. The molecule has 0 fully saturated rings. The smallest absolute Gasteiger partial charge is 0.168 e. The summed E-state index contributed by atoms with van der Waals surface area (Å²) in [5.41, 5.74) is 3.77. The van der Waals surface area contributed by atoms with Crippen LogP contribution in [0.2, 0.25) is 0 Å². The summed E-state index contributed by atoms with van der Waals surface area (Å²) in [5, 5.41) is 0. The molecule has 0 saturated carbocycles. The highest BCUT2D eigenvalue weighted by Crippen LogP contribution is 2.39. The Labute approximate surface area is 131 Å². The summed E-state index contributed by atoms with van der Waals surface area (Å²) in [6.07, 6.45) is 0.814. The Bertz CT molecular complexity index is 664. The molecule has 0 unspecified atom stereocenters. The molecule has 2 aromatic rings. The van der Waals surface area contributed by atoms with Crippen LogP contribution in [-0.2, 0) is 5.41 Å². The summed E-state index contributed by atoms with van der Waals surface area (Å²) < 4.78 is 10.8. The lowest BCUT2D eigenvalue weighted by atomic mass is 9.86. The first-order chi connectivity index (χ1) is 10.4. The average Bonchev–Trinajstić information content (AvgIpc) is 2.52. The second kappa shape index (κ2) is 6.22. The van der Waals surface area contributed by atoms with Crippen LogP contribution in [0, 0.1) is 0 Å². The fourth-order valence-electron chi connectivity index (χ4n) is 2.42. The van der Waals surface area contributed by atoms with Crippen molar-refractivity contribution in [1.29, 1.82) is 0 Å². The van der Waals surface area contributed by atoms with Crippen LogP contribution in [0.5, 0.6) is 11.5 Å². The number of ether oxygens (including phenoxy) is 2. The van der Waals surface area contributed by atoms with Gasteiger partial charge in [-0.05, 0) is 28.7 Å². The lowest BCUT2D eigenvalue weighted by Gasteiger charge is -2.20. The molecule has 0 N–H and O–H groups in total. The Morgan fingerprint density at radius 3 is 2.05 bits per heavy atom. The number of methoxy groups -OCH3 is 2. The van der Waals surface area contributed by atoms with Crippen molar-refractivity contribution < 1.29 is 14.3 Å². The molecule has 0 spiro atoms. The van der Waals surface area contributed by atoms with Gasteiger partial charge in [-0.1, -0.05) is 45.0 Å². The fraction of sp³-hybridized carbons (Fsp3) is 0.316. The zero-order valence-electron chi connectivity index (χ0n) is 13.8. The van der Waals surface area contributed by atoms with E-state index in [0.29, 0.717) is 17.1 Å². The number of rotatable bonds is 4. The maximum absolute atomic E-state index is 11.1. The Morgan fingerprint density at radius 1 is 0.955 bits per heavy atom. The molecule has 0 bridgehead atoms. The zero-order chi connectivity index (χ0) is 16.3. The van der Waals surface area contributed by atoms with E-state index in [0.717, 1.165) is 17.4 Å². The number of carbonyl (C=O) groups excluding carboxylic acids is 1. The molecule has 0 heterocycles. The Morgan fingerprint density at radius 2 is 1.59 bits per heavy atom. The van der Waals surface area contributed by atoms with E-state index in [1.165, 1.54) is 5.56 Å². The minimum atomic E-state index is 0.102. The monoisotopic (exact) mass is 298 g/mol. The van der Waals surface area contributed by atoms with Crippen molar-refractivity contribution in [2.45, 2.75) is 26.2 Å². The molecule has 2 rings (SSSR count). The van der Waals surface area contributed by atoms with Crippen molar-refractivity contribution in [1.82, 2.24) is 0 Å². The molecule has 3 nitrogen and oxygen atoms in total. The molecule has 0 aliphatic carbocycles. The van der Waals surface area contributed by atoms with Crippen LogP contribution in [0.1, 0.15) is 36.7 Å². The number of aldehydes is 1. The molecule has 116 valence electrons. The van der Waals surface area contributed by atoms with Crippen LogP contribution in [0.4, 0.5) is 0 Å². The van der Waals surface area contributed by atoms with Crippen LogP contribution in [0.15, 0.2) is 36.4 Å². The van der Waals surface area contributed by atoms with Crippen LogP contribution in [0.25, 0.3) is 11.1 Å². The van der Waals surface area contributed by atoms with Gasteiger partial charge in [0.1, 0.15) is 6.29 Å². The van der Waals surface area contributed by atoms with Crippen molar-refractivity contribution in [2.75, 3.05) is 14.2 Å². The molecular formula is C19H22O3. The molecule has 0 saturated heterocycles.